The monoisotopic (exact) mass is 382 g/mol. The van der Waals surface area contributed by atoms with E-state index in [-0.39, 0.29) is 6.23 Å². The van der Waals surface area contributed by atoms with Crippen molar-refractivity contribution < 1.29 is 4.74 Å². The van der Waals surface area contributed by atoms with Gasteiger partial charge in [-0.15, -0.1) is 0 Å². The second-order valence-corrected chi connectivity index (χ2v) is 6.43. The first-order chi connectivity index (χ1) is 11.7. The molecule has 0 aliphatic heterocycles. The van der Waals surface area contributed by atoms with Gasteiger partial charge >= 0.3 is 0 Å². The number of nitrogens with two attached hydrogens (primary N) is 1. The summed E-state index contributed by atoms with van der Waals surface area (Å²) in [6.07, 6.45) is 6.14. The van der Waals surface area contributed by atoms with Crippen molar-refractivity contribution in [2.75, 3.05) is 0 Å². The fourth-order valence-corrected chi connectivity index (χ4v) is 2.82. The number of nitrogens with zero attached hydrogens (tertiary/aromatic N) is 1. The molecule has 2 N–H and O–H groups in total. The van der Waals surface area contributed by atoms with E-state index in [4.69, 9.17) is 10.5 Å². The first kappa shape index (κ1) is 16.7. The summed E-state index contributed by atoms with van der Waals surface area (Å²) in [7, 11) is 0. The van der Waals surface area contributed by atoms with Gasteiger partial charge in [0.1, 0.15) is 5.75 Å². The van der Waals surface area contributed by atoms with Crippen molar-refractivity contribution >= 4 is 26.7 Å². The molecule has 122 valence electrons. The summed E-state index contributed by atoms with van der Waals surface area (Å²) in [4.78, 5) is 4.55. The molecule has 24 heavy (non-hydrogen) atoms. The maximum Gasteiger partial charge on any atom is 0.151 e. The van der Waals surface area contributed by atoms with Gasteiger partial charge in [-0.25, -0.2) is 0 Å². The minimum atomic E-state index is -0.341. The molecule has 0 saturated heterocycles. The van der Waals surface area contributed by atoms with E-state index in [0.29, 0.717) is 6.42 Å². The first-order valence-electron chi connectivity index (χ1n) is 7.85. The van der Waals surface area contributed by atoms with Crippen molar-refractivity contribution in [2.45, 2.75) is 19.6 Å². The van der Waals surface area contributed by atoms with E-state index in [9.17, 15) is 0 Å². The molecule has 2 aromatic carbocycles. The topological polar surface area (TPSA) is 48.1 Å². The maximum absolute atomic E-state index is 5.98. The third-order valence-electron chi connectivity index (χ3n) is 3.75. The van der Waals surface area contributed by atoms with Gasteiger partial charge < -0.3 is 4.74 Å². The molecule has 0 saturated carbocycles. The van der Waals surface area contributed by atoms with Gasteiger partial charge in [0, 0.05) is 28.0 Å². The number of halogens is 1. The van der Waals surface area contributed by atoms with Crippen LogP contribution in [0, 0.1) is 0 Å². The molecule has 1 atom stereocenters. The number of allylic oxidation sites excluding steroid dienone is 1. The molecule has 0 bridgehead atoms. The zero-order valence-corrected chi connectivity index (χ0v) is 15.0. The number of rotatable bonds is 5. The molecule has 3 rings (SSSR count). The van der Waals surface area contributed by atoms with Gasteiger partial charge in [-0.05, 0) is 48.7 Å². The Hall–Kier alpha value is -2.17. The summed E-state index contributed by atoms with van der Waals surface area (Å²) in [5, 5.41) is 2.17. The van der Waals surface area contributed by atoms with E-state index < -0.39 is 0 Å². The maximum atomic E-state index is 5.98. The van der Waals surface area contributed by atoms with Crippen LogP contribution < -0.4 is 10.5 Å². The van der Waals surface area contributed by atoms with Crippen LogP contribution in [0.3, 0.4) is 0 Å². The van der Waals surface area contributed by atoms with Crippen LogP contribution in [-0.4, -0.2) is 11.2 Å². The molecule has 0 amide bonds. The molecule has 1 unspecified atom stereocenters. The molecule has 3 nitrogen and oxygen atoms in total. The summed E-state index contributed by atoms with van der Waals surface area (Å²) < 4.78 is 6.84. The molecule has 1 heterocycles. The van der Waals surface area contributed by atoms with Crippen LogP contribution in [0.5, 0.6) is 5.75 Å². The molecular weight excluding hydrogens is 364 g/mol. The lowest BCUT2D eigenvalue weighted by Gasteiger charge is -2.14. The van der Waals surface area contributed by atoms with Crippen LogP contribution in [0.2, 0.25) is 0 Å². The van der Waals surface area contributed by atoms with Crippen molar-refractivity contribution in [3.05, 3.63) is 71.4 Å². The molecular formula is C20H19BrN2O. The molecule has 0 radical (unpaired) electrons. The highest BCUT2D eigenvalue weighted by Gasteiger charge is 2.08. The van der Waals surface area contributed by atoms with Gasteiger partial charge in [-0.2, -0.15) is 0 Å². The van der Waals surface area contributed by atoms with Crippen molar-refractivity contribution in [2.24, 2.45) is 5.73 Å². The Labute approximate surface area is 150 Å². The normalized spacial score (nSPS) is 12.6. The van der Waals surface area contributed by atoms with Crippen LogP contribution in [0.1, 0.15) is 13.3 Å². The lowest BCUT2D eigenvalue weighted by atomic mass is 10.0. The van der Waals surface area contributed by atoms with Crippen LogP contribution in [0.15, 0.2) is 71.4 Å². The van der Waals surface area contributed by atoms with Crippen molar-refractivity contribution in [1.29, 1.82) is 0 Å². The molecule has 4 heteroatoms. The average Bonchev–Trinajstić information content (AvgIpc) is 2.60. The number of pyridine rings is 1. The summed E-state index contributed by atoms with van der Waals surface area (Å²) in [5.74, 6) is 0.771. The van der Waals surface area contributed by atoms with Gasteiger partial charge in [0.05, 0.1) is 5.69 Å². The zero-order chi connectivity index (χ0) is 16.9. The Morgan fingerprint density at radius 2 is 1.96 bits per heavy atom. The smallest absolute Gasteiger partial charge is 0.151 e. The highest BCUT2D eigenvalue weighted by atomic mass is 79.9. The Kier molecular flexibility index (Phi) is 5.28. The lowest BCUT2D eigenvalue weighted by Crippen LogP contribution is -2.26. The molecule has 0 fully saturated rings. The molecule has 3 aromatic rings. The van der Waals surface area contributed by atoms with Gasteiger partial charge in [-0.1, -0.05) is 40.2 Å². The van der Waals surface area contributed by atoms with E-state index in [1.807, 2.05) is 61.7 Å². The van der Waals surface area contributed by atoms with Crippen molar-refractivity contribution in [3.8, 4) is 17.0 Å². The molecule has 0 aliphatic rings. The lowest BCUT2D eigenvalue weighted by molar-refractivity contribution is 0.213. The van der Waals surface area contributed by atoms with E-state index in [1.54, 1.807) is 0 Å². The Balaban J connectivity index is 1.93. The SMILES string of the molecule is C/C=C/CC(N)Oc1ccc2c(-c3ccc(Br)cc3)nccc2c1. The summed E-state index contributed by atoms with van der Waals surface area (Å²) in [6.45, 7) is 1.97. The van der Waals surface area contributed by atoms with E-state index in [0.717, 1.165) is 32.3 Å². The Morgan fingerprint density at radius 1 is 1.17 bits per heavy atom. The second-order valence-electron chi connectivity index (χ2n) is 5.51. The number of hydrogen-bond acceptors (Lipinski definition) is 3. The standard InChI is InChI=1S/C20H19BrN2O/c1-2-3-4-19(22)24-17-9-10-18-15(13-17)11-12-23-20(18)14-5-7-16(21)8-6-14/h2-3,5-13,19H,4,22H2,1H3/b3-2+. The van der Waals surface area contributed by atoms with Crippen molar-refractivity contribution in [1.82, 2.24) is 4.98 Å². The summed E-state index contributed by atoms with van der Waals surface area (Å²) in [6, 6.07) is 16.1. The molecule has 1 aromatic heterocycles. The average molecular weight is 383 g/mol. The molecule has 0 spiro atoms. The predicted molar refractivity (Wildman–Crippen MR) is 103 cm³/mol. The highest BCUT2D eigenvalue weighted by Crippen LogP contribution is 2.30. The second kappa shape index (κ2) is 7.60. The van der Waals surface area contributed by atoms with Gasteiger partial charge in [0.25, 0.3) is 0 Å². The number of fused-ring (bicyclic) bond motifs is 1. The van der Waals surface area contributed by atoms with Crippen LogP contribution in [-0.2, 0) is 0 Å². The van der Waals surface area contributed by atoms with Crippen LogP contribution in [0.25, 0.3) is 22.0 Å². The minimum Gasteiger partial charge on any atom is -0.475 e. The zero-order valence-electron chi connectivity index (χ0n) is 13.4. The van der Waals surface area contributed by atoms with Gasteiger partial charge in [0.15, 0.2) is 6.23 Å². The first-order valence-corrected chi connectivity index (χ1v) is 8.65. The fourth-order valence-electron chi connectivity index (χ4n) is 2.56. The quantitative estimate of drug-likeness (QED) is 0.481. The van der Waals surface area contributed by atoms with E-state index in [2.05, 4.69) is 33.0 Å². The van der Waals surface area contributed by atoms with E-state index >= 15 is 0 Å². The van der Waals surface area contributed by atoms with E-state index in [1.165, 1.54) is 0 Å². The largest absolute Gasteiger partial charge is 0.475 e. The minimum absolute atomic E-state index is 0.341. The fraction of sp³-hybridized carbons (Fsp3) is 0.150. The third kappa shape index (κ3) is 3.83. The number of benzene rings is 2. The predicted octanol–water partition coefficient (Wildman–Crippen LogP) is 5.29. The Morgan fingerprint density at radius 3 is 2.71 bits per heavy atom. The molecule has 0 aliphatic carbocycles. The van der Waals surface area contributed by atoms with Crippen molar-refractivity contribution in [3.63, 3.8) is 0 Å². The number of ether oxygens (including phenoxy) is 1. The highest BCUT2D eigenvalue weighted by molar-refractivity contribution is 9.10. The number of hydrogen-bond donors (Lipinski definition) is 1. The van der Waals surface area contributed by atoms with Crippen LogP contribution in [0.4, 0.5) is 0 Å². The Bertz CT molecular complexity index is 859. The van der Waals surface area contributed by atoms with Crippen LogP contribution >= 0.6 is 15.9 Å². The number of aromatic nitrogens is 1. The van der Waals surface area contributed by atoms with Gasteiger partial charge in [-0.3, -0.25) is 10.7 Å². The summed E-state index contributed by atoms with van der Waals surface area (Å²) >= 11 is 3.46. The third-order valence-corrected chi connectivity index (χ3v) is 4.27. The summed E-state index contributed by atoms with van der Waals surface area (Å²) in [5.41, 5.74) is 8.03. The van der Waals surface area contributed by atoms with Gasteiger partial charge in [0.2, 0.25) is 0 Å².